The molecule has 1 aliphatic heterocycles. The minimum atomic E-state index is 0.0421. The van der Waals surface area contributed by atoms with Crippen LogP contribution in [0, 0.1) is 6.92 Å². The molecule has 0 aromatic carbocycles. The van der Waals surface area contributed by atoms with E-state index >= 15 is 0 Å². The van der Waals surface area contributed by atoms with Crippen molar-refractivity contribution in [2.24, 2.45) is 0 Å². The van der Waals surface area contributed by atoms with Crippen LogP contribution >= 0.6 is 11.3 Å². The molecule has 6 nitrogen and oxygen atoms in total. The molecule has 4 rings (SSSR count). The Labute approximate surface area is 137 Å². The predicted octanol–water partition coefficient (Wildman–Crippen LogP) is 3.27. The summed E-state index contributed by atoms with van der Waals surface area (Å²) in [6.45, 7) is 5.07. The lowest BCUT2D eigenvalue weighted by atomic mass is 10.2. The maximum atomic E-state index is 5.83. The van der Waals surface area contributed by atoms with Crippen LogP contribution in [0.15, 0.2) is 38.8 Å². The highest BCUT2D eigenvalue weighted by Gasteiger charge is 2.25. The van der Waals surface area contributed by atoms with Crippen molar-refractivity contribution < 1.29 is 13.6 Å². The predicted molar refractivity (Wildman–Crippen MR) is 85.0 cm³/mol. The van der Waals surface area contributed by atoms with Crippen LogP contribution < -0.4 is 0 Å². The molecule has 120 valence electrons. The number of thiazole rings is 1. The lowest BCUT2D eigenvalue weighted by molar-refractivity contribution is -0.0334. The molecule has 0 bridgehead atoms. The van der Waals surface area contributed by atoms with Gasteiger partial charge in [-0.3, -0.25) is 4.90 Å². The van der Waals surface area contributed by atoms with Gasteiger partial charge < -0.3 is 13.6 Å². The van der Waals surface area contributed by atoms with Crippen LogP contribution in [-0.4, -0.2) is 34.6 Å². The summed E-state index contributed by atoms with van der Waals surface area (Å²) in [5.74, 6) is 2.02. The molecule has 1 fully saturated rings. The fourth-order valence-electron chi connectivity index (χ4n) is 2.68. The molecule has 1 aliphatic rings. The fraction of sp³-hybridized carbons (Fsp3) is 0.375. The monoisotopic (exact) mass is 331 g/mol. The Kier molecular flexibility index (Phi) is 3.99. The number of furan rings is 1. The molecule has 3 aromatic rings. The maximum Gasteiger partial charge on any atom is 0.263 e. The van der Waals surface area contributed by atoms with Gasteiger partial charge in [0.15, 0.2) is 5.76 Å². The smallest absolute Gasteiger partial charge is 0.263 e. The molecule has 0 spiro atoms. The highest BCUT2D eigenvalue weighted by molar-refractivity contribution is 7.09. The lowest BCUT2D eigenvalue weighted by Gasteiger charge is -2.31. The first kappa shape index (κ1) is 14.6. The van der Waals surface area contributed by atoms with E-state index in [4.69, 9.17) is 13.6 Å². The van der Waals surface area contributed by atoms with Crippen LogP contribution in [0.2, 0.25) is 0 Å². The second kappa shape index (κ2) is 6.27. The molecule has 23 heavy (non-hydrogen) atoms. The van der Waals surface area contributed by atoms with Gasteiger partial charge in [0.1, 0.15) is 16.9 Å². The van der Waals surface area contributed by atoms with E-state index in [0.29, 0.717) is 18.3 Å². The highest BCUT2D eigenvalue weighted by atomic mass is 32.1. The largest absolute Gasteiger partial charge is 0.459 e. The van der Waals surface area contributed by atoms with Crippen LogP contribution in [0.4, 0.5) is 0 Å². The Morgan fingerprint density at radius 2 is 2.39 bits per heavy atom. The number of ether oxygens (including phenoxy) is 1. The molecular weight excluding hydrogens is 314 g/mol. The number of rotatable bonds is 4. The summed E-state index contributed by atoms with van der Waals surface area (Å²) in [5, 5.41) is 3.01. The number of oxazole rings is 1. The SMILES string of the molecule is Cc1oc(-c2ccco2)nc1CN1CCO[C@H](c2nccs2)C1. The normalized spacial score (nSPS) is 19.3. The van der Waals surface area contributed by atoms with Gasteiger partial charge >= 0.3 is 0 Å². The van der Waals surface area contributed by atoms with E-state index in [1.807, 2.05) is 30.6 Å². The van der Waals surface area contributed by atoms with Crippen molar-refractivity contribution in [2.75, 3.05) is 19.7 Å². The van der Waals surface area contributed by atoms with Gasteiger partial charge in [-0.05, 0) is 19.1 Å². The standard InChI is InChI=1S/C16H17N3O3S/c1-11-12(18-15(22-11)13-3-2-6-20-13)9-19-5-7-21-14(10-19)16-17-4-8-23-16/h2-4,6,8,14H,5,7,9-10H2,1H3/t14-/m0/s1. The summed E-state index contributed by atoms with van der Waals surface area (Å²) in [5.41, 5.74) is 0.941. The summed E-state index contributed by atoms with van der Waals surface area (Å²) in [6.07, 6.45) is 3.48. The van der Waals surface area contributed by atoms with E-state index in [9.17, 15) is 0 Å². The number of morpholine rings is 1. The van der Waals surface area contributed by atoms with Crippen LogP contribution in [0.1, 0.15) is 22.6 Å². The molecule has 3 aromatic heterocycles. The van der Waals surface area contributed by atoms with E-state index in [1.165, 1.54) is 0 Å². The minimum absolute atomic E-state index is 0.0421. The van der Waals surface area contributed by atoms with Gasteiger partial charge in [0, 0.05) is 31.2 Å². The average Bonchev–Trinajstić information content (AvgIpc) is 3.30. The van der Waals surface area contributed by atoms with Gasteiger partial charge in [-0.1, -0.05) is 0 Å². The van der Waals surface area contributed by atoms with Gasteiger partial charge in [0.2, 0.25) is 0 Å². The summed E-state index contributed by atoms with van der Waals surface area (Å²) in [4.78, 5) is 11.3. The zero-order valence-corrected chi connectivity index (χ0v) is 13.6. The third-order valence-electron chi connectivity index (χ3n) is 3.88. The molecule has 0 radical (unpaired) electrons. The topological polar surface area (TPSA) is 64.5 Å². The minimum Gasteiger partial charge on any atom is -0.459 e. The summed E-state index contributed by atoms with van der Waals surface area (Å²) < 4.78 is 16.9. The molecule has 0 saturated carbocycles. The first-order valence-electron chi connectivity index (χ1n) is 7.53. The van der Waals surface area contributed by atoms with Crippen molar-refractivity contribution in [3.8, 4) is 11.7 Å². The molecule has 0 aliphatic carbocycles. The number of hydrogen-bond donors (Lipinski definition) is 0. The van der Waals surface area contributed by atoms with E-state index in [2.05, 4.69) is 14.9 Å². The van der Waals surface area contributed by atoms with Gasteiger partial charge in [-0.25, -0.2) is 9.97 Å². The number of aryl methyl sites for hydroxylation is 1. The maximum absolute atomic E-state index is 5.83. The Balaban J connectivity index is 1.47. The van der Waals surface area contributed by atoms with Crippen molar-refractivity contribution in [1.82, 2.24) is 14.9 Å². The van der Waals surface area contributed by atoms with Gasteiger partial charge in [0.25, 0.3) is 5.89 Å². The number of aromatic nitrogens is 2. The summed E-state index contributed by atoms with van der Waals surface area (Å²) >= 11 is 1.63. The molecular formula is C16H17N3O3S. The fourth-order valence-corrected chi connectivity index (χ4v) is 3.36. The Morgan fingerprint density at radius 1 is 1.43 bits per heavy atom. The third-order valence-corrected chi connectivity index (χ3v) is 4.74. The van der Waals surface area contributed by atoms with Gasteiger partial charge in [0.05, 0.1) is 18.6 Å². The van der Waals surface area contributed by atoms with Crippen LogP contribution in [-0.2, 0) is 11.3 Å². The zero-order chi connectivity index (χ0) is 15.6. The Hall–Kier alpha value is -1.96. The quantitative estimate of drug-likeness (QED) is 0.731. The van der Waals surface area contributed by atoms with Crippen molar-refractivity contribution in [2.45, 2.75) is 19.6 Å². The zero-order valence-electron chi connectivity index (χ0n) is 12.8. The Bertz CT molecular complexity index is 752. The molecule has 4 heterocycles. The Morgan fingerprint density at radius 3 is 3.17 bits per heavy atom. The second-order valence-electron chi connectivity index (χ2n) is 5.46. The molecule has 0 unspecified atom stereocenters. The van der Waals surface area contributed by atoms with Crippen LogP contribution in [0.25, 0.3) is 11.7 Å². The third kappa shape index (κ3) is 3.08. The van der Waals surface area contributed by atoms with Crippen molar-refractivity contribution in [3.63, 3.8) is 0 Å². The molecule has 1 saturated heterocycles. The van der Waals surface area contributed by atoms with Crippen molar-refractivity contribution >= 4 is 11.3 Å². The highest BCUT2D eigenvalue weighted by Crippen LogP contribution is 2.27. The lowest BCUT2D eigenvalue weighted by Crippen LogP contribution is -2.38. The van der Waals surface area contributed by atoms with Crippen LogP contribution in [0.5, 0.6) is 0 Å². The van der Waals surface area contributed by atoms with E-state index in [-0.39, 0.29) is 6.10 Å². The van der Waals surface area contributed by atoms with E-state index in [0.717, 1.165) is 36.1 Å². The number of nitrogens with zero attached hydrogens (tertiary/aromatic N) is 3. The molecule has 0 N–H and O–H groups in total. The first-order valence-corrected chi connectivity index (χ1v) is 8.41. The van der Waals surface area contributed by atoms with Crippen molar-refractivity contribution in [3.05, 3.63) is 46.4 Å². The van der Waals surface area contributed by atoms with Crippen LogP contribution in [0.3, 0.4) is 0 Å². The number of hydrogen-bond acceptors (Lipinski definition) is 7. The van der Waals surface area contributed by atoms with Crippen molar-refractivity contribution in [1.29, 1.82) is 0 Å². The first-order chi connectivity index (χ1) is 11.3. The molecule has 7 heteroatoms. The van der Waals surface area contributed by atoms with Gasteiger partial charge in [-0.2, -0.15) is 0 Å². The molecule has 1 atom stereocenters. The van der Waals surface area contributed by atoms with E-state index < -0.39 is 0 Å². The summed E-state index contributed by atoms with van der Waals surface area (Å²) in [6, 6.07) is 3.68. The summed E-state index contributed by atoms with van der Waals surface area (Å²) in [7, 11) is 0. The van der Waals surface area contributed by atoms with E-state index in [1.54, 1.807) is 17.6 Å². The average molecular weight is 331 g/mol. The second-order valence-corrected chi connectivity index (χ2v) is 6.39. The van der Waals surface area contributed by atoms with Gasteiger partial charge in [-0.15, -0.1) is 11.3 Å². The molecule has 0 amide bonds.